The molecule has 0 spiro atoms. The molecule has 0 amide bonds. The molecule has 0 saturated heterocycles. The summed E-state index contributed by atoms with van der Waals surface area (Å²) in [5.41, 5.74) is 2.21. The van der Waals surface area contributed by atoms with Gasteiger partial charge in [-0.1, -0.05) is 24.3 Å². The first-order valence-electron chi connectivity index (χ1n) is 7.14. The predicted molar refractivity (Wildman–Crippen MR) is 86.5 cm³/mol. The van der Waals surface area contributed by atoms with Gasteiger partial charge in [0, 0.05) is 0 Å². The number of para-hydroxylation sites is 2. The molecule has 22 heavy (non-hydrogen) atoms. The average Bonchev–Trinajstić information content (AvgIpc) is 2.58. The van der Waals surface area contributed by atoms with Gasteiger partial charge in [-0.2, -0.15) is 0 Å². The molecule has 2 aromatic rings. The van der Waals surface area contributed by atoms with Crippen molar-refractivity contribution in [2.45, 2.75) is 12.8 Å². The molecular formula is C18H22O4. The Balaban J connectivity index is 2.24. The van der Waals surface area contributed by atoms with E-state index >= 15 is 0 Å². The van der Waals surface area contributed by atoms with Crippen molar-refractivity contribution in [1.29, 1.82) is 0 Å². The Kier molecular flexibility index (Phi) is 5.53. The first-order chi connectivity index (χ1) is 10.7. The van der Waals surface area contributed by atoms with Crippen molar-refractivity contribution in [3.63, 3.8) is 0 Å². The average molecular weight is 302 g/mol. The highest BCUT2D eigenvalue weighted by Crippen LogP contribution is 2.34. The van der Waals surface area contributed by atoms with E-state index in [1.807, 2.05) is 36.4 Å². The summed E-state index contributed by atoms with van der Waals surface area (Å²) in [6.07, 6.45) is 1.65. The summed E-state index contributed by atoms with van der Waals surface area (Å²) < 4.78 is 21.6. The fourth-order valence-corrected chi connectivity index (χ4v) is 2.57. The maximum absolute atomic E-state index is 5.48. The molecule has 2 aromatic carbocycles. The van der Waals surface area contributed by atoms with Crippen LogP contribution in [0.3, 0.4) is 0 Å². The van der Waals surface area contributed by atoms with Crippen LogP contribution in [0, 0.1) is 0 Å². The summed E-state index contributed by atoms with van der Waals surface area (Å²) in [5.74, 6) is 3.06. The normalized spacial score (nSPS) is 10.2. The van der Waals surface area contributed by atoms with Gasteiger partial charge in [-0.3, -0.25) is 0 Å². The Morgan fingerprint density at radius 3 is 1.32 bits per heavy atom. The largest absolute Gasteiger partial charge is 0.493 e. The Morgan fingerprint density at radius 1 is 0.591 bits per heavy atom. The third kappa shape index (κ3) is 3.27. The summed E-state index contributed by atoms with van der Waals surface area (Å²) in [6, 6.07) is 11.8. The van der Waals surface area contributed by atoms with Gasteiger partial charge in [-0.15, -0.1) is 0 Å². The van der Waals surface area contributed by atoms with Crippen LogP contribution in [-0.4, -0.2) is 28.4 Å². The summed E-state index contributed by atoms with van der Waals surface area (Å²) in [7, 11) is 6.61. The molecule has 0 aliphatic heterocycles. The molecule has 0 aliphatic carbocycles. The van der Waals surface area contributed by atoms with E-state index < -0.39 is 0 Å². The van der Waals surface area contributed by atoms with Crippen LogP contribution in [-0.2, 0) is 12.8 Å². The van der Waals surface area contributed by atoms with Gasteiger partial charge >= 0.3 is 0 Å². The van der Waals surface area contributed by atoms with Crippen LogP contribution >= 0.6 is 0 Å². The lowest BCUT2D eigenvalue weighted by atomic mass is 10.0. The molecule has 0 aliphatic rings. The van der Waals surface area contributed by atoms with E-state index in [2.05, 4.69) is 0 Å². The van der Waals surface area contributed by atoms with Crippen LogP contribution in [0.25, 0.3) is 0 Å². The van der Waals surface area contributed by atoms with E-state index in [1.165, 1.54) is 0 Å². The first-order valence-corrected chi connectivity index (χ1v) is 7.14. The molecule has 0 fully saturated rings. The number of hydrogen-bond acceptors (Lipinski definition) is 4. The van der Waals surface area contributed by atoms with Crippen LogP contribution in [0.4, 0.5) is 0 Å². The number of methoxy groups -OCH3 is 4. The van der Waals surface area contributed by atoms with Gasteiger partial charge in [0.2, 0.25) is 0 Å². The Bertz CT molecular complexity index is 567. The van der Waals surface area contributed by atoms with Gasteiger partial charge in [0.1, 0.15) is 0 Å². The molecule has 0 radical (unpaired) electrons. The van der Waals surface area contributed by atoms with E-state index in [0.29, 0.717) is 0 Å². The maximum Gasteiger partial charge on any atom is 0.163 e. The van der Waals surface area contributed by atoms with E-state index in [0.717, 1.165) is 47.0 Å². The molecule has 4 nitrogen and oxygen atoms in total. The smallest absolute Gasteiger partial charge is 0.163 e. The minimum Gasteiger partial charge on any atom is -0.493 e. The number of ether oxygens (including phenoxy) is 4. The molecule has 0 heterocycles. The second-order valence-corrected chi connectivity index (χ2v) is 4.81. The number of hydrogen-bond donors (Lipinski definition) is 0. The molecule has 0 N–H and O–H groups in total. The predicted octanol–water partition coefficient (Wildman–Crippen LogP) is 3.51. The molecule has 0 aromatic heterocycles. The van der Waals surface area contributed by atoms with Crippen LogP contribution in [0.15, 0.2) is 36.4 Å². The van der Waals surface area contributed by atoms with Crippen LogP contribution in [0.1, 0.15) is 11.1 Å². The molecular weight excluding hydrogens is 280 g/mol. The van der Waals surface area contributed by atoms with Crippen molar-refractivity contribution in [2.75, 3.05) is 28.4 Å². The summed E-state index contributed by atoms with van der Waals surface area (Å²) in [5, 5.41) is 0. The third-order valence-corrected chi connectivity index (χ3v) is 3.63. The minimum absolute atomic E-state index is 0.748. The lowest BCUT2D eigenvalue weighted by Gasteiger charge is -2.15. The molecule has 0 bridgehead atoms. The quantitative estimate of drug-likeness (QED) is 0.784. The number of benzene rings is 2. The zero-order valence-corrected chi connectivity index (χ0v) is 13.5. The van der Waals surface area contributed by atoms with Gasteiger partial charge in [-0.05, 0) is 36.1 Å². The fraction of sp³-hybridized carbons (Fsp3) is 0.333. The molecule has 0 saturated carbocycles. The Morgan fingerprint density at radius 2 is 1.00 bits per heavy atom. The second kappa shape index (κ2) is 7.59. The highest BCUT2D eigenvalue weighted by molar-refractivity contribution is 5.49. The van der Waals surface area contributed by atoms with Gasteiger partial charge in [0.25, 0.3) is 0 Å². The lowest BCUT2D eigenvalue weighted by Crippen LogP contribution is -2.00. The van der Waals surface area contributed by atoms with Gasteiger partial charge < -0.3 is 18.9 Å². The first kappa shape index (κ1) is 16.0. The van der Waals surface area contributed by atoms with Gasteiger partial charge in [0.15, 0.2) is 23.0 Å². The SMILES string of the molecule is COc1cccc(CCc2cccc(OC)c2OC)c1OC. The zero-order chi connectivity index (χ0) is 15.9. The van der Waals surface area contributed by atoms with Crippen LogP contribution in [0.2, 0.25) is 0 Å². The monoisotopic (exact) mass is 302 g/mol. The van der Waals surface area contributed by atoms with E-state index in [9.17, 15) is 0 Å². The molecule has 0 atom stereocenters. The minimum atomic E-state index is 0.748. The van der Waals surface area contributed by atoms with Crippen LogP contribution < -0.4 is 18.9 Å². The highest BCUT2D eigenvalue weighted by atomic mass is 16.5. The van der Waals surface area contributed by atoms with Crippen molar-refractivity contribution in [3.05, 3.63) is 47.5 Å². The molecule has 2 rings (SSSR count). The number of aryl methyl sites for hydroxylation is 2. The summed E-state index contributed by atoms with van der Waals surface area (Å²) >= 11 is 0. The van der Waals surface area contributed by atoms with Crippen LogP contribution in [0.5, 0.6) is 23.0 Å². The van der Waals surface area contributed by atoms with E-state index in [4.69, 9.17) is 18.9 Å². The molecule has 4 heteroatoms. The molecule has 118 valence electrons. The fourth-order valence-electron chi connectivity index (χ4n) is 2.57. The maximum atomic E-state index is 5.48. The Hall–Kier alpha value is -2.36. The van der Waals surface area contributed by atoms with Crippen molar-refractivity contribution in [1.82, 2.24) is 0 Å². The van der Waals surface area contributed by atoms with Crippen molar-refractivity contribution in [3.8, 4) is 23.0 Å². The topological polar surface area (TPSA) is 36.9 Å². The number of rotatable bonds is 7. The standard InChI is InChI=1S/C18H22O4/c1-19-15-9-5-7-13(17(15)21-3)11-12-14-8-6-10-16(20-2)18(14)22-4/h5-10H,11-12H2,1-4H3. The van der Waals surface area contributed by atoms with Crippen molar-refractivity contribution >= 4 is 0 Å². The molecule has 0 unspecified atom stereocenters. The summed E-state index contributed by atoms with van der Waals surface area (Å²) in [4.78, 5) is 0. The third-order valence-electron chi connectivity index (χ3n) is 3.63. The second-order valence-electron chi connectivity index (χ2n) is 4.81. The zero-order valence-electron chi connectivity index (χ0n) is 13.5. The Labute approximate surface area is 131 Å². The summed E-state index contributed by atoms with van der Waals surface area (Å²) in [6.45, 7) is 0. The van der Waals surface area contributed by atoms with E-state index in [1.54, 1.807) is 28.4 Å². The highest BCUT2D eigenvalue weighted by Gasteiger charge is 2.13. The lowest BCUT2D eigenvalue weighted by molar-refractivity contribution is 0.349. The van der Waals surface area contributed by atoms with Gasteiger partial charge in [-0.25, -0.2) is 0 Å². The van der Waals surface area contributed by atoms with E-state index in [-0.39, 0.29) is 0 Å². The van der Waals surface area contributed by atoms with Gasteiger partial charge in [0.05, 0.1) is 28.4 Å². The van der Waals surface area contributed by atoms with Crippen molar-refractivity contribution in [2.24, 2.45) is 0 Å². The van der Waals surface area contributed by atoms with Crippen molar-refractivity contribution < 1.29 is 18.9 Å².